The molecular weight excluding hydrogens is 270 g/mol. The largest absolute Gasteiger partial charge is 0.395 e. The predicted molar refractivity (Wildman–Crippen MR) is 95.2 cm³/mol. The van der Waals surface area contributed by atoms with E-state index < -0.39 is 0 Å². The first kappa shape index (κ1) is 14.4. The number of anilines is 2. The van der Waals surface area contributed by atoms with Gasteiger partial charge in [0, 0.05) is 24.0 Å². The summed E-state index contributed by atoms with van der Waals surface area (Å²) in [5.74, 6) is 0.877. The predicted octanol–water partition coefficient (Wildman–Crippen LogP) is 4.33. The molecule has 22 heavy (non-hydrogen) atoms. The van der Waals surface area contributed by atoms with E-state index in [0.717, 1.165) is 46.6 Å². The number of benzene rings is 2. The number of aromatic nitrogens is 1. The molecule has 3 rings (SSSR count). The van der Waals surface area contributed by atoms with Gasteiger partial charge in [-0.1, -0.05) is 48.5 Å². The second-order valence-electron chi connectivity index (χ2n) is 5.28. The van der Waals surface area contributed by atoms with E-state index in [9.17, 15) is 0 Å². The minimum Gasteiger partial charge on any atom is -0.395 e. The first-order chi connectivity index (χ1) is 10.8. The Labute approximate surface area is 131 Å². The molecule has 1 heterocycles. The summed E-state index contributed by atoms with van der Waals surface area (Å²) in [7, 11) is 0. The summed E-state index contributed by atoms with van der Waals surface area (Å²) in [6.07, 6.45) is 0. The monoisotopic (exact) mass is 291 g/mol. The van der Waals surface area contributed by atoms with Crippen LogP contribution in [-0.2, 0) is 0 Å². The highest BCUT2D eigenvalue weighted by atomic mass is 15.2. The number of hydrogen-bond donors (Lipinski definition) is 1. The van der Waals surface area contributed by atoms with E-state index in [1.165, 1.54) is 0 Å². The summed E-state index contributed by atoms with van der Waals surface area (Å²) in [6.45, 7) is 6.03. The molecule has 0 aliphatic carbocycles. The van der Waals surface area contributed by atoms with Crippen molar-refractivity contribution >= 4 is 22.4 Å². The highest BCUT2D eigenvalue weighted by Gasteiger charge is 2.16. The number of nitrogen functional groups attached to an aromatic ring is 1. The lowest BCUT2D eigenvalue weighted by molar-refractivity contribution is 0.851. The van der Waals surface area contributed by atoms with Gasteiger partial charge in [-0.25, -0.2) is 4.98 Å². The average Bonchev–Trinajstić information content (AvgIpc) is 2.57. The average molecular weight is 291 g/mol. The molecule has 3 heteroatoms. The van der Waals surface area contributed by atoms with Crippen LogP contribution in [0.1, 0.15) is 13.8 Å². The van der Waals surface area contributed by atoms with Crippen molar-refractivity contribution in [3.05, 3.63) is 54.6 Å². The summed E-state index contributed by atoms with van der Waals surface area (Å²) in [6, 6.07) is 18.5. The van der Waals surface area contributed by atoms with Crippen LogP contribution in [0.15, 0.2) is 54.6 Å². The summed E-state index contributed by atoms with van der Waals surface area (Å²) < 4.78 is 0. The number of nitrogens with zero attached hydrogens (tertiary/aromatic N) is 2. The van der Waals surface area contributed by atoms with Gasteiger partial charge in [-0.3, -0.25) is 0 Å². The van der Waals surface area contributed by atoms with E-state index in [1.807, 2.05) is 36.4 Å². The van der Waals surface area contributed by atoms with Gasteiger partial charge in [-0.05, 0) is 25.5 Å². The molecule has 0 atom stereocenters. The minimum atomic E-state index is 0.758. The molecule has 3 aromatic rings. The highest BCUT2D eigenvalue weighted by molar-refractivity contribution is 6.03. The van der Waals surface area contributed by atoms with Gasteiger partial charge in [0.15, 0.2) is 5.82 Å². The molecule has 2 N–H and O–H groups in total. The lowest BCUT2D eigenvalue weighted by Crippen LogP contribution is -2.24. The Hall–Kier alpha value is -2.55. The molecule has 0 radical (unpaired) electrons. The molecule has 0 bridgehead atoms. The summed E-state index contributed by atoms with van der Waals surface area (Å²) >= 11 is 0. The zero-order valence-corrected chi connectivity index (χ0v) is 13.1. The van der Waals surface area contributed by atoms with Crippen molar-refractivity contribution in [3.63, 3.8) is 0 Å². The fraction of sp³-hybridized carbons (Fsp3) is 0.211. The molecule has 0 fully saturated rings. The fourth-order valence-corrected chi connectivity index (χ4v) is 2.89. The maximum absolute atomic E-state index is 6.53. The van der Waals surface area contributed by atoms with Crippen LogP contribution >= 0.6 is 0 Å². The lowest BCUT2D eigenvalue weighted by Gasteiger charge is -2.24. The van der Waals surface area contributed by atoms with E-state index in [4.69, 9.17) is 10.7 Å². The van der Waals surface area contributed by atoms with Crippen LogP contribution in [0.4, 0.5) is 11.5 Å². The Morgan fingerprint density at radius 3 is 2.23 bits per heavy atom. The molecule has 3 nitrogen and oxygen atoms in total. The summed E-state index contributed by atoms with van der Waals surface area (Å²) in [5.41, 5.74) is 10.5. The van der Waals surface area contributed by atoms with Crippen LogP contribution in [0, 0.1) is 0 Å². The molecule has 0 aliphatic rings. The molecule has 0 saturated carbocycles. The third kappa shape index (κ3) is 2.39. The van der Waals surface area contributed by atoms with Gasteiger partial charge in [-0.15, -0.1) is 0 Å². The van der Waals surface area contributed by atoms with Crippen LogP contribution in [0.5, 0.6) is 0 Å². The van der Waals surface area contributed by atoms with Crippen LogP contribution < -0.4 is 10.6 Å². The van der Waals surface area contributed by atoms with Crippen molar-refractivity contribution in [1.82, 2.24) is 4.98 Å². The van der Waals surface area contributed by atoms with Crippen molar-refractivity contribution in [3.8, 4) is 11.1 Å². The Morgan fingerprint density at radius 2 is 1.55 bits per heavy atom. The third-order valence-electron chi connectivity index (χ3n) is 4.04. The number of para-hydroxylation sites is 1. The van der Waals surface area contributed by atoms with Gasteiger partial charge in [-0.2, -0.15) is 0 Å². The molecule has 0 amide bonds. The molecular formula is C19H21N3. The molecule has 0 saturated heterocycles. The zero-order chi connectivity index (χ0) is 15.5. The van der Waals surface area contributed by atoms with E-state index >= 15 is 0 Å². The maximum atomic E-state index is 6.53. The van der Waals surface area contributed by atoms with Crippen molar-refractivity contribution in [2.75, 3.05) is 23.7 Å². The number of fused-ring (bicyclic) bond motifs is 1. The molecule has 1 aromatic heterocycles. The van der Waals surface area contributed by atoms with Crippen LogP contribution in [-0.4, -0.2) is 18.1 Å². The topological polar surface area (TPSA) is 42.2 Å². The van der Waals surface area contributed by atoms with Crippen LogP contribution in [0.25, 0.3) is 22.0 Å². The van der Waals surface area contributed by atoms with E-state index in [1.54, 1.807) is 0 Å². The van der Waals surface area contributed by atoms with Gasteiger partial charge >= 0.3 is 0 Å². The highest BCUT2D eigenvalue weighted by Crippen LogP contribution is 2.38. The summed E-state index contributed by atoms with van der Waals surface area (Å²) in [4.78, 5) is 7.01. The van der Waals surface area contributed by atoms with E-state index in [2.05, 4.69) is 36.9 Å². The standard InChI is InChI=1S/C19H21N3/c1-3-22(4-2)19-18(20)17(14-10-6-5-7-11-14)15-12-8-9-13-16(15)21-19/h5-13H,3-4,20H2,1-2H3. The Morgan fingerprint density at radius 1 is 0.909 bits per heavy atom. The summed E-state index contributed by atoms with van der Waals surface area (Å²) in [5, 5.41) is 1.10. The van der Waals surface area contributed by atoms with Gasteiger partial charge < -0.3 is 10.6 Å². The SMILES string of the molecule is CCN(CC)c1nc2ccccc2c(-c2ccccc2)c1N. The Kier molecular flexibility index (Phi) is 3.96. The minimum absolute atomic E-state index is 0.758. The Bertz CT molecular complexity index is 777. The molecule has 0 aliphatic heterocycles. The molecule has 0 unspecified atom stereocenters. The normalized spacial score (nSPS) is 10.8. The molecule has 2 aromatic carbocycles. The number of pyridine rings is 1. The first-order valence-electron chi connectivity index (χ1n) is 7.74. The van der Waals surface area contributed by atoms with Gasteiger partial charge in [0.05, 0.1) is 11.2 Å². The zero-order valence-electron chi connectivity index (χ0n) is 13.1. The first-order valence-corrected chi connectivity index (χ1v) is 7.74. The van der Waals surface area contributed by atoms with Crippen molar-refractivity contribution in [2.24, 2.45) is 0 Å². The fourth-order valence-electron chi connectivity index (χ4n) is 2.89. The Balaban J connectivity index is 2.35. The second-order valence-corrected chi connectivity index (χ2v) is 5.28. The van der Waals surface area contributed by atoms with Crippen LogP contribution in [0.2, 0.25) is 0 Å². The van der Waals surface area contributed by atoms with E-state index in [0.29, 0.717) is 0 Å². The number of rotatable bonds is 4. The van der Waals surface area contributed by atoms with Crippen molar-refractivity contribution < 1.29 is 0 Å². The number of nitrogens with two attached hydrogens (primary N) is 1. The molecule has 112 valence electrons. The van der Waals surface area contributed by atoms with Crippen molar-refractivity contribution in [1.29, 1.82) is 0 Å². The van der Waals surface area contributed by atoms with Crippen molar-refractivity contribution in [2.45, 2.75) is 13.8 Å². The third-order valence-corrected chi connectivity index (χ3v) is 4.04. The second kappa shape index (κ2) is 6.06. The van der Waals surface area contributed by atoms with Crippen LogP contribution in [0.3, 0.4) is 0 Å². The molecule has 0 spiro atoms. The van der Waals surface area contributed by atoms with E-state index in [-0.39, 0.29) is 0 Å². The lowest BCUT2D eigenvalue weighted by atomic mass is 9.99. The van der Waals surface area contributed by atoms with Gasteiger partial charge in [0.1, 0.15) is 0 Å². The van der Waals surface area contributed by atoms with Gasteiger partial charge in [0.2, 0.25) is 0 Å². The quantitative estimate of drug-likeness (QED) is 0.778. The smallest absolute Gasteiger partial charge is 0.153 e. The van der Waals surface area contributed by atoms with Gasteiger partial charge in [0.25, 0.3) is 0 Å². The number of hydrogen-bond acceptors (Lipinski definition) is 3. The maximum Gasteiger partial charge on any atom is 0.153 e.